The van der Waals surface area contributed by atoms with Gasteiger partial charge >= 0.3 is 0 Å². The van der Waals surface area contributed by atoms with Crippen molar-refractivity contribution in [3.63, 3.8) is 0 Å². The largest absolute Gasteiger partial charge is 0.497 e. The van der Waals surface area contributed by atoms with E-state index in [1.54, 1.807) is 79.9 Å². The Balaban J connectivity index is 1.62. The Hall–Kier alpha value is -3.77. The van der Waals surface area contributed by atoms with Crippen LogP contribution in [0.15, 0.2) is 72.8 Å². The van der Waals surface area contributed by atoms with Crippen molar-refractivity contribution in [2.45, 2.75) is 0 Å². The molecule has 0 heterocycles. The van der Waals surface area contributed by atoms with Crippen LogP contribution in [-0.2, 0) is 4.79 Å². The van der Waals surface area contributed by atoms with Gasteiger partial charge in [-0.1, -0.05) is 35.9 Å². The number of methoxy groups -OCH3 is 2. The van der Waals surface area contributed by atoms with E-state index in [1.165, 1.54) is 13.2 Å². The fourth-order valence-corrected chi connectivity index (χ4v) is 3.01. The number of rotatable bonds is 9. The van der Waals surface area contributed by atoms with Crippen LogP contribution in [0.2, 0.25) is 5.02 Å². The van der Waals surface area contributed by atoms with Crippen LogP contribution < -0.4 is 19.5 Å². The number of carbonyl (C=O) groups excluding carboxylic acids is 2. The quantitative estimate of drug-likeness (QED) is 0.354. The SMILES string of the molecule is COc1ccc(C(=O)/C=C/c2ccc(OCC(=O)Nc3ccccc3Cl)c(OC)c2)cc1. The first-order chi connectivity index (χ1) is 15.5. The molecular formula is C25H22ClNO5. The van der Waals surface area contributed by atoms with Gasteiger partial charge in [0.1, 0.15) is 5.75 Å². The molecule has 1 N–H and O–H groups in total. The summed E-state index contributed by atoms with van der Waals surface area (Å²) in [6.45, 7) is -0.216. The molecule has 0 unspecified atom stereocenters. The van der Waals surface area contributed by atoms with Gasteiger partial charge in [-0.25, -0.2) is 0 Å². The molecule has 0 bridgehead atoms. The van der Waals surface area contributed by atoms with E-state index in [1.807, 2.05) is 0 Å². The molecule has 0 aliphatic heterocycles. The lowest BCUT2D eigenvalue weighted by molar-refractivity contribution is -0.118. The Morgan fingerprint density at radius 2 is 1.69 bits per heavy atom. The number of carbonyl (C=O) groups is 2. The van der Waals surface area contributed by atoms with Crippen molar-refractivity contribution in [2.75, 3.05) is 26.1 Å². The Bertz CT molecular complexity index is 1130. The molecule has 3 rings (SSSR count). The van der Waals surface area contributed by atoms with Gasteiger partial charge in [0.05, 0.1) is 24.9 Å². The fraction of sp³-hybridized carbons (Fsp3) is 0.120. The van der Waals surface area contributed by atoms with Gasteiger partial charge in [0.15, 0.2) is 23.9 Å². The van der Waals surface area contributed by atoms with Crippen molar-refractivity contribution in [1.29, 1.82) is 0 Å². The number of ether oxygens (including phenoxy) is 3. The molecule has 0 aliphatic carbocycles. The predicted molar refractivity (Wildman–Crippen MR) is 125 cm³/mol. The van der Waals surface area contributed by atoms with E-state index < -0.39 is 0 Å². The maximum Gasteiger partial charge on any atom is 0.262 e. The van der Waals surface area contributed by atoms with Crippen molar-refractivity contribution in [1.82, 2.24) is 0 Å². The van der Waals surface area contributed by atoms with E-state index in [4.69, 9.17) is 25.8 Å². The standard InChI is InChI=1S/C25H22ClNO5/c1-30-19-11-9-18(10-12-19)22(28)13-7-17-8-14-23(24(15-17)31-2)32-16-25(29)27-21-6-4-3-5-20(21)26/h3-15H,16H2,1-2H3,(H,27,29)/b13-7+. The normalized spacial score (nSPS) is 10.6. The zero-order chi connectivity index (χ0) is 22.9. The number of ketones is 1. The molecule has 32 heavy (non-hydrogen) atoms. The molecule has 0 spiro atoms. The van der Waals surface area contributed by atoms with Gasteiger partial charge in [0.2, 0.25) is 0 Å². The maximum absolute atomic E-state index is 12.4. The second kappa shape index (κ2) is 11.0. The van der Waals surface area contributed by atoms with Crippen molar-refractivity contribution >= 4 is 35.1 Å². The number of anilines is 1. The molecule has 0 radical (unpaired) electrons. The molecule has 0 atom stereocenters. The van der Waals surface area contributed by atoms with Crippen LogP contribution in [0.25, 0.3) is 6.08 Å². The lowest BCUT2D eigenvalue weighted by Crippen LogP contribution is -2.20. The van der Waals surface area contributed by atoms with Crippen LogP contribution in [0.4, 0.5) is 5.69 Å². The summed E-state index contributed by atoms with van der Waals surface area (Å²) in [5.41, 5.74) is 1.81. The first-order valence-corrected chi connectivity index (χ1v) is 10.1. The van der Waals surface area contributed by atoms with E-state index in [9.17, 15) is 9.59 Å². The van der Waals surface area contributed by atoms with Gasteiger partial charge in [-0.05, 0) is 60.2 Å². The second-order valence-electron chi connectivity index (χ2n) is 6.65. The zero-order valence-corrected chi connectivity index (χ0v) is 18.4. The van der Waals surface area contributed by atoms with Gasteiger partial charge in [-0.3, -0.25) is 9.59 Å². The van der Waals surface area contributed by atoms with Gasteiger partial charge in [0, 0.05) is 5.56 Å². The van der Waals surface area contributed by atoms with Crippen molar-refractivity contribution < 1.29 is 23.8 Å². The first kappa shape index (κ1) is 22.9. The zero-order valence-electron chi connectivity index (χ0n) is 17.6. The molecular weight excluding hydrogens is 430 g/mol. The topological polar surface area (TPSA) is 73.9 Å². The fourth-order valence-electron chi connectivity index (χ4n) is 2.82. The molecule has 0 saturated carbocycles. The van der Waals surface area contributed by atoms with E-state index in [0.717, 1.165) is 5.56 Å². The maximum atomic E-state index is 12.4. The van der Waals surface area contributed by atoms with Crippen LogP contribution in [0.1, 0.15) is 15.9 Å². The number of allylic oxidation sites excluding steroid dienone is 1. The summed E-state index contributed by atoms with van der Waals surface area (Å²) in [4.78, 5) is 24.5. The van der Waals surface area contributed by atoms with Crippen molar-refractivity contribution in [3.8, 4) is 17.2 Å². The number of nitrogens with one attached hydrogen (secondary N) is 1. The minimum atomic E-state index is -0.353. The molecule has 0 saturated heterocycles. The molecule has 0 aromatic heterocycles. The highest BCUT2D eigenvalue weighted by atomic mass is 35.5. The summed E-state index contributed by atoms with van der Waals surface area (Å²) in [5.74, 6) is 1.04. The summed E-state index contributed by atoms with van der Waals surface area (Å²) in [5, 5.41) is 3.13. The summed E-state index contributed by atoms with van der Waals surface area (Å²) >= 11 is 6.04. The van der Waals surface area contributed by atoms with E-state index in [0.29, 0.717) is 33.5 Å². The van der Waals surface area contributed by atoms with Crippen LogP contribution >= 0.6 is 11.6 Å². The summed E-state index contributed by atoms with van der Waals surface area (Å²) < 4.78 is 16.1. The summed E-state index contributed by atoms with van der Waals surface area (Å²) in [7, 11) is 3.07. The molecule has 1 amide bonds. The minimum Gasteiger partial charge on any atom is -0.497 e. The Morgan fingerprint density at radius 3 is 2.38 bits per heavy atom. The van der Waals surface area contributed by atoms with Crippen LogP contribution in [-0.4, -0.2) is 32.5 Å². The molecule has 6 nitrogen and oxygen atoms in total. The van der Waals surface area contributed by atoms with Crippen LogP contribution in [0, 0.1) is 0 Å². The molecule has 3 aromatic rings. The molecule has 164 valence electrons. The van der Waals surface area contributed by atoms with Gasteiger partial charge in [0.25, 0.3) is 5.91 Å². The highest BCUT2D eigenvalue weighted by molar-refractivity contribution is 6.33. The lowest BCUT2D eigenvalue weighted by atomic mass is 10.1. The number of halogens is 1. The Kier molecular flexibility index (Phi) is 7.89. The van der Waals surface area contributed by atoms with Crippen molar-refractivity contribution in [3.05, 3.63) is 89.0 Å². The van der Waals surface area contributed by atoms with Crippen LogP contribution in [0.3, 0.4) is 0 Å². The third-order valence-corrected chi connectivity index (χ3v) is 4.83. The number of benzene rings is 3. The summed E-state index contributed by atoms with van der Waals surface area (Å²) in [6.07, 6.45) is 3.16. The number of para-hydroxylation sites is 1. The highest BCUT2D eigenvalue weighted by Crippen LogP contribution is 2.29. The third kappa shape index (κ3) is 6.12. The Labute approximate surface area is 191 Å². The first-order valence-electron chi connectivity index (χ1n) is 9.72. The Morgan fingerprint density at radius 1 is 0.938 bits per heavy atom. The van der Waals surface area contributed by atoms with E-state index in [2.05, 4.69) is 5.32 Å². The third-order valence-electron chi connectivity index (χ3n) is 4.50. The monoisotopic (exact) mass is 451 g/mol. The van der Waals surface area contributed by atoms with Gasteiger partial charge in [-0.2, -0.15) is 0 Å². The van der Waals surface area contributed by atoms with E-state index in [-0.39, 0.29) is 18.3 Å². The molecule has 7 heteroatoms. The van der Waals surface area contributed by atoms with Crippen LogP contribution in [0.5, 0.6) is 17.2 Å². The average Bonchev–Trinajstić information content (AvgIpc) is 2.83. The molecule has 3 aromatic carbocycles. The highest BCUT2D eigenvalue weighted by Gasteiger charge is 2.10. The van der Waals surface area contributed by atoms with Crippen molar-refractivity contribution in [2.24, 2.45) is 0 Å². The van der Waals surface area contributed by atoms with Gasteiger partial charge in [-0.15, -0.1) is 0 Å². The molecule has 0 aliphatic rings. The molecule has 0 fully saturated rings. The van der Waals surface area contributed by atoms with Gasteiger partial charge < -0.3 is 19.5 Å². The second-order valence-corrected chi connectivity index (χ2v) is 7.06. The number of amides is 1. The summed E-state index contributed by atoms with van der Waals surface area (Å²) in [6, 6.07) is 19.0. The lowest BCUT2D eigenvalue weighted by Gasteiger charge is -2.12. The smallest absolute Gasteiger partial charge is 0.262 e. The predicted octanol–water partition coefficient (Wildman–Crippen LogP) is 5.27. The van der Waals surface area contributed by atoms with E-state index >= 15 is 0 Å². The number of hydrogen-bond donors (Lipinski definition) is 1. The minimum absolute atomic E-state index is 0.136. The average molecular weight is 452 g/mol. The number of hydrogen-bond acceptors (Lipinski definition) is 5.